The van der Waals surface area contributed by atoms with Gasteiger partial charge in [0.05, 0.1) is 45.7 Å². The summed E-state index contributed by atoms with van der Waals surface area (Å²) < 4.78 is 47.2. The third-order valence-corrected chi connectivity index (χ3v) is 6.33. The molecule has 0 N–H and O–H groups in total. The summed E-state index contributed by atoms with van der Waals surface area (Å²) in [6.07, 6.45) is 6.66. The van der Waals surface area contributed by atoms with Gasteiger partial charge < -0.3 is 18.9 Å². The third-order valence-electron chi connectivity index (χ3n) is 4.45. The minimum atomic E-state index is -3.54. The summed E-state index contributed by atoms with van der Waals surface area (Å²) in [7, 11) is -3.54. The highest BCUT2D eigenvalue weighted by Gasteiger charge is 2.24. The van der Waals surface area contributed by atoms with Crippen LogP contribution in [-0.2, 0) is 52.4 Å². The molecule has 0 aliphatic carbocycles. The van der Waals surface area contributed by atoms with Gasteiger partial charge in [-0.2, -0.15) is 8.42 Å². The predicted molar refractivity (Wildman–Crippen MR) is 127 cm³/mol. The Morgan fingerprint density at radius 2 is 1.34 bits per heavy atom. The van der Waals surface area contributed by atoms with E-state index in [1.165, 1.54) is 11.8 Å². The normalized spacial score (nSPS) is 21.9. The highest BCUT2D eigenvalue weighted by atomic mass is 32.2. The lowest BCUT2D eigenvalue weighted by Crippen LogP contribution is -2.25. The van der Waals surface area contributed by atoms with Crippen molar-refractivity contribution in [2.24, 2.45) is 0 Å². The molecule has 0 radical (unpaired) electrons. The van der Waals surface area contributed by atoms with Gasteiger partial charge in [0.1, 0.15) is 5.25 Å². The van der Waals surface area contributed by atoms with Crippen molar-refractivity contribution in [3.63, 3.8) is 0 Å². The molecule has 35 heavy (non-hydrogen) atoms. The van der Waals surface area contributed by atoms with E-state index in [9.17, 15) is 27.6 Å². The Kier molecular flexibility index (Phi) is 16.1. The second kappa shape index (κ2) is 18.2. The summed E-state index contributed by atoms with van der Waals surface area (Å²) in [5.74, 6) is -1.96. The van der Waals surface area contributed by atoms with Crippen molar-refractivity contribution < 1.29 is 50.7 Å². The number of thioether (sulfide) groups is 1. The van der Waals surface area contributed by atoms with Crippen molar-refractivity contribution in [1.82, 2.24) is 0 Å². The van der Waals surface area contributed by atoms with Crippen molar-refractivity contribution >= 4 is 45.8 Å². The van der Waals surface area contributed by atoms with Crippen LogP contribution in [-0.4, -0.2) is 82.6 Å². The summed E-state index contributed by atoms with van der Waals surface area (Å²) in [6, 6.07) is 0. The third kappa shape index (κ3) is 17.9. The van der Waals surface area contributed by atoms with E-state index in [0.717, 1.165) is 18.4 Å². The summed E-state index contributed by atoms with van der Waals surface area (Å²) in [5, 5.41) is -0.786. The van der Waals surface area contributed by atoms with Gasteiger partial charge in [0.25, 0.3) is 10.1 Å². The van der Waals surface area contributed by atoms with E-state index in [0.29, 0.717) is 50.7 Å². The molecule has 1 rings (SSSR count). The van der Waals surface area contributed by atoms with Crippen LogP contribution in [0.25, 0.3) is 0 Å². The van der Waals surface area contributed by atoms with E-state index in [-0.39, 0.29) is 39.5 Å². The molecule has 1 heterocycles. The maximum absolute atomic E-state index is 12.5. The average molecular weight is 539 g/mol. The Hall–Kier alpha value is -2.12. The van der Waals surface area contributed by atoms with Crippen LogP contribution in [0.15, 0.2) is 12.2 Å². The average Bonchev–Trinajstić information content (AvgIpc) is 2.79. The minimum absolute atomic E-state index is 0.0201. The molecule has 0 aromatic rings. The number of carbonyl (C=O) groups is 4. The van der Waals surface area contributed by atoms with Gasteiger partial charge in [0, 0.05) is 12.2 Å². The van der Waals surface area contributed by atoms with Crippen LogP contribution in [0.3, 0.4) is 0 Å². The first-order valence-corrected chi connectivity index (χ1v) is 14.3. The molecule has 0 amide bonds. The van der Waals surface area contributed by atoms with Crippen LogP contribution in [0, 0.1) is 0 Å². The zero-order valence-electron chi connectivity index (χ0n) is 19.9. The highest BCUT2D eigenvalue weighted by Crippen LogP contribution is 2.19. The molecule has 13 heteroatoms. The maximum atomic E-state index is 12.5. The predicted octanol–water partition coefficient (Wildman–Crippen LogP) is 1.93. The highest BCUT2D eigenvalue weighted by molar-refractivity contribution is 8.00. The van der Waals surface area contributed by atoms with Crippen molar-refractivity contribution in [2.45, 2.75) is 56.6 Å². The van der Waals surface area contributed by atoms with E-state index in [1.807, 2.05) is 0 Å². The molecule has 0 saturated carbocycles. The van der Waals surface area contributed by atoms with Crippen molar-refractivity contribution in [1.29, 1.82) is 0 Å². The molecule has 0 aromatic heterocycles. The Morgan fingerprint density at radius 3 is 1.89 bits per heavy atom. The molecule has 11 nitrogen and oxygen atoms in total. The zero-order valence-corrected chi connectivity index (χ0v) is 21.6. The second-order valence-corrected chi connectivity index (χ2v) is 10.6. The number of ether oxygens (including phenoxy) is 4. The number of hydrogen-bond donors (Lipinski definition) is 0. The number of cyclic esters (lactones) is 4. The second-order valence-electron chi connectivity index (χ2n) is 7.62. The molecule has 1 aliphatic rings. The van der Waals surface area contributed by atoms with Gasteiger partial charge >= 0.3 is 23.9 Å². The van der Waals surface area contributed by atoms with Gasteiger partial charge in [0.15, 0.2) is 0 Å². The van der Waals surface area contributed by atoms with Crippen LogP contribution in [0.4, 0.5) is 0 Å². The van der Waals surface area contributed by atoms with Crippen LogP contribution in [0.5, 0.6) is 0 Å². The van der Waals surface area contributed by atoms with Crippen molar-refractivity contribution in [2.75, 3.05) is 45.0 Å². The van der Waals surface area contributed by atoms with Crippen LogP contribution in [0.1, 0.15) is 51.4 Å². The van der Waals surface area contributed by atoms with Crippen LogP contribution >= 0.6 is 11.8 Å². The summed E-state index contributed by atoms with van der Waals surface area (Å²) in [6.45, 7) is 0.606. The van der Waals surface area contributed by atoms with Gasteiger partial charge in [-0.15, -0.1) is 11.8 Å². The molecule has 1 aliphatic heterocycles. The summed E-state index contributed by atoms with van der Waals surface area (Å²) in [5.41, 5.74) is 0. The Balaban J connectivity index is 2.58. The van der Waals surface area contributed by atoms with E-state index >= 15 is 0 Å². The fraction of sp³-hybridized carbons (Fsp3) is 0.727. The first kappa shape index (κ1) is 30.9. The monoisotopic (exact) mass is 538 g/mol. The number of esters is 4. The standard InChI is InChI=1S/C22H34O11S2/c1-35(27,28)33-15-8-16-34-18-17-21(25)31-13-6-2-4-11-29-19(23)9-10-20(24)30-12-5-3-7-14-32-22(18)26/h9-10,18H,2-8,11-17H2,1H3/b10-9+. The Morgan fingerprint density at radius 1 is 0.829 bits per heavy atom. The van der Waals surface area contributed by atoms with E-state index in [4.69, 9.17) is 18.9 Å². The first-order chi connectivity index (χ1) is 16.7. The quantitative estimate of drug-likeness (QED) is 0.210. The van der Waals surface area contributed by atoms with Gasteiger partial charge in [0.2, 0.25) is 0 Å². The molecule has 0 bridgehead atoms. The van der Waals surface area contributed by atoms with E-state index in [2.05, 4.69) is 4.18 Å². The van der Waals surface area contributed by atoms with Gasteiger partial charge in [-0.25, -0.2) is 9.59 Å². The smallest absolute Gasteiger partial charge is 0.331 e. The fourth-order valence-corrected chi connectivity index (χ4v) is 4.15. The molecule has 0 saturated heterocycles. The number of rotatable bonds is 6. The lowest BCUT2D eigenvalue weighted by molar-refractivity contribution is -0.149. The largest absolute Gasteiger partial charge is 0.466 e. The van der Waals surface area contributed by atoms with E-state index < -0.39 is 39.2 Å². The SMILES string of the molecule is CS(=O)(=O)OCCCSC1CC(=O)OCCCCCOC(=O)/C=C/C(=O)OCCCCCOC1=O. The van der Waals surface area contributed by atoms with Gasteiger partial charge in [-0.3, -0.25) is 13.8 Å². The zero-order chi connectivity index (χ0) is 25.9. The Bertz CT molecular complexity index is 808. The van der Waals surface area contributed by atoms with E-state index in [1.54, 1.807) is 0 Å². The first-order valence-electron chi connectivity index (χ1n) is 11.5. The topological polar surface area (TPSA) is 149 Å². The fourth-order valence-electron chi connectivity index (χ4n) is 2.71. The molecule has 0 spiro atoms. The van der Waals surface area contributed by atoms with Gasteiger partial charge in [-0.05, 0) is 50.7 Å². The lowest BCUT2D eigenvalue weighted by atomic mass is 10.2. The maximum Gasteiger partial charge on any atom is 0.331 e. The molecule has 0 aromatic carbocycles. The molecule has 1 atom stereocenters. The molecule has 0 fully saturated rings. The number of hydrogen-bond acceptors (Lipinski definition) is 12. The lowest BCUT2D eigenvalue weighted by Gasteiger charge is -2.15. The Labute approximate surface area is 210 Å². The number of carbonyl (C=O) groups excluding carboxylic acids is 4. The van der Waals surface area contributed by atoms with Crippen LogP contribution in [0.2, 0.25) is 0 Å². The van der Waals surface area contributed by atoms with Crippen molar-refractivity contribution in [3.8, 4) is 0 Å². The molecular formula is C22H34O11S2. The van der Waals surface area contributed by atoms with Gasteiger partial charge in [-0.1, -0.05) is 0 Å². The molecule has 200 valence electrons. The molecular weight excluding hydrogens is 504 g/mol. The van der Waals surface area contributed by atoms with Crippen LogP contribution < -0.4 is 0 Å². The minimum Gasteiger partial charge on any atom is -0.466 e. The summed E-state index contributed by atoms with van der Waals surface area (Å²) in [4.78, 5) is 47.9. The molecule has 1 unspecified atom stereocenters. The van der Waals surface area contributed by atoms with Crippen molar-refractivity contribution in [3.05, 3.63) is 12.2 Å². The summed E-state index contributed by atoms with van der Waals surface area (Å²) >= 11 is 1.18.